The summed E-state index contributed by atoms with van der Waals surface area (Å²) < 4.78 is 53.0. The zero-order valence-corrected chi connectivity index (χ0v) is 17.3. The van der Waals surface area contributed by atoms with Crippen molar-refractivity contribution in [3.8, 4) is 11.8 Å². The van der Waals surface area contributed by atoms with Crippen LogP contribution in [-0.4, -0.2) is 13.2 Å². The third kappa shape index (κ3) is 5.10. The minimum Gasteiger partial charge on any atom is -0.348 e. The van der Waals surface area contributed by atoms with Gasteiger partial charge in [0.05, 0.1) is 18.8 Å². The molecule has 0 aromatic heterocycles. The number of halogens is 3. The first kappa shape index (κ1) is 21.4. The molecular formula is C26H23F3O2. The third-order valence-corrected chi connectivity index (χ3v) is 5.42. The lowest BCUT2D eigenvalue weighted by atomic mass is 10.0. The molecule has 4 rings (SSSR count). The Morgan fingerprint density at radius 2 is 1.58 bits per heavy atom. The zero-order valence-electron chi connectivity index (χ0n) is 17.3. The highest BCUT2D eigenvalue weighted by molar-refractivity contribution is 5.84. The van der Waals surface area contributed by atoms with Crippen molar-refractivity contribution in [1.82, 2.24) is 0 Å². The average molecular weight is 424 g/mol. The first-order valence-electron chi connectivity index (χ1n) is 10.5. The maximum atomic E-state index is 14.6. The number of hydrogen-bond donors (Lipinski definition) is 0. The van der Waals surface area contributed by atoms with Gasteiger partial charge in [-0.05, 0) is 53.6 Å². The van der Waals surface area contributed by atoms with E-state index in [1.54, 1.807) is 30.3 Å². The molecule has 1 heterocycles. The molecule has 0 aliphatic carbocycles. The molecule has 0 spiro atoms. The van der Waals surface area contributed by atoms with Gasteiger partial charge in [0.1, 0.15) is 5.82 Å². The van der Waals surface area contributed by atoms with Gasteiger partial charge in [0, 0.05) is 17.0 Å². The molecule has 1 fully saturated rings. The Labute approximate surface area is 180 Å². The summed E-state index contributed by atoms with van der Waals surface area (Å²) in [5.74, 6) is 3.81. The SMILES string of the molecule is CCCCC1COC(c2ccc(C#Cc3ccc4cc(F)c(F)cc4c3)c(F)c2)OC1. The van der Waals surface area contributed by atoms with Crippen molar-refractivity contribution in [2.45, 2.75) is 32.5 Å². The molecule has 3 aromatic rings. The highest BCUT2D eigenvalue weighted by atomic mass is 19.2. The van der Waals surface area contributed by atoms with Gasteiger partial charge in [-0.15, -0.1) is 0 Å². The Balaban J connectivity index is 1.47. The van der Waals surface area contributed by atoms with Crippen molar-refractivity contribution in [1.29, 1.82) is 0 Å². The number of fused-ring (bicyclic) bond motifs is 1. The van der Waals surface area contributed by atoms with Crippen molar-refractivity contribution < 1.29 is 22.6 Å². The van der Waals surface area contributed by atoms with Crippen LogP contribution in [0.1, 0.15) is 49.2 Å². The van der Waals surface area contributed by atoms with E-state index >= 15 is 0 Å². The number of ether oxygens (including phenoxy) is 2. The van der Waals surface area contributed by atoms with Crippen LogP contribution in [0.15, 0.2) is 48.5 Å². The maximum Gasteiger partial charge on any atom is 0.183 e. The largest absolute Gasteiger partial charge is 0.348 e. The van der Waals surface area contributed by atoms with Crippen molar-refractivity contribution >= 4 is 10.8 Å². The molecule has 5 heteroatoms. The van der Waals surface area contributed by atoms with E-state index < -0.39 is 23.7 Å². The van der Waals surface area contributed by atoms with E-state index in [1.807, 2.05) is 0 Å². The van der Waals surface area contributed by atoms with Crippen LogP contribution in [0.2, 0.25) is 0 Å². The summed E-state index contributed by atoms with van der Waals surface area (Å²) in [6.45, 7) is 3.38. The van der Waals surface area contributed by atoms with Gasteiger partial charge < -0.3 is 9.47 Å². The van der Waals surface area contributed by atoms with Crippen LogP contribution in [0.4, 0.5) is 13.2 Å². The first-order chi connectivity index (χ1) is 15.0. The molecule has 0 atom stereocenters. The number of rotatable bonds is 4. The Hall–Kier alpha value is -2.81. The lowest BCUT2D eigenvalue weighted by Gasteiger charge is -2.29. The summed E-state index contributed by atoms with van der Waals surface area (Å²) in [7, 11) is 0. The lowest BCUT2D eigenvalue weighted by molar-refractivity contribution is -0.206. The number of unbranched alkanes of at least 4 members (excludes halogenated alkanes) is 1. The fourth-order valence-corrected chi connectivity index (χ4v) is 3.63. The Morgan fingerprint density at radius 1 is 0.839 bits per heavy atom. The van der Waals surface area contributed by atoms with E-state index in [0.29, 0.717) is 41.0 Å². The smallest absolute Gasteiger partial charge is 0.183 e. The summed E-state index contributed by atoms with van der Waals surface area (Å²) in [6, 6.07) is 12.0. The number of hydrogen-bond acceptors (Lipinski definition) is 2. The maximum absolute atomic E-state index is 14.6. The van der Waals surface area contributed by atoms with Crippen molar-refractivity contribution in [3.05, 3.63) is 82.7 Å². The molecule has 0 radical (unpaired) electrons. The fourth-order valence-electron chi connectivity index (χ4n) is 3.63. The van der Waals surface area contributed by atoms with E-state index in [0.717, 1.165) is 31.4 Å². The molecule has 0 unspecified atom stereocenters. The van der Waals surface area contributed by atoms with Gasteiger partial charge in [0.25, 0.3) is 0 Å². The first-order valence-corrected chi connectivity index (χ1v) is 10.5. The molecule has 0 saturated carbocycles. The van der Waals surface area contributed by atoms with E-state index in [-0.39, 0.29) is 5.56 Å². The van der Waals surface area contributed by atoms with Crippen LogP contribution in [0.25, 0.3) is 10.8 Å². The minimum atomic E-state index is -0.914. The van der Waals surface area contributed by atoms with Gasteiger partial charge in [0.2, 0.25) is 0 Å². The highest BCUT2D eigenvalue weighted by Gasteiger charge is 2.23. The monoisotopic (exact) mass is 424 g/mol. The van der Waals surface area contributed by atoms with Gasteiger partial charge in [-0.3, -0.25) is 0 Å². The molecule has 1 aliphatic heterocycles. The van der Waals surface area contributed by atoms with Gasteiger partial charge in [-0.25, -0.2) is 13.2 Å². The topological polar surface area (TPSA) is 18.5 Å². The molecule has 3 aromatic carbocycles. The highest BCUT2D eigenvalue weighted by Crippen LogP contribution is 2.28. The van der Waals surface area contributed by atoms with Crippen LogP contribution < -0.4 is 0 Å². The summed E-state index contributed by atoms with van der Waals surface area (Å²) in [4.78, 5) is 0. The Kier molecular flexibility index (Phi) is 6.60. The average Bonchev–Trinajstić information content (AvgIpc) is 2.78. The summed E-state index contributed by atoms with van der Waals surface area (Å²) in [6.07, 6.45) is 2.79. The summed E-state index contributed by atoms with van der Waals surface area (Å²) in [5.41, 5.74) is 1.45. The molecule has 2 nitrogen and oxygen atoms in total. The van der Waals surface area contributed by atoms with E-state index in [4.69, 9.17) is 9.47 Å². The molecule has 1 saturated heterocycles. The van der Waals surface area contributed by atoms with Crippen LogP contribution in [0.5, 0.6) is 0 Å². The third-order valence-electron chi connectivity index (χ3n) is 5.42. The summed E-state index contributed by atoms with van der Waals surface area (Å²) >= 11 is 0. The van der Waals surface area contributed by atoms with E-state index in [9.17, 15) is 13.2 Å². The molecule has 1 aliphatic rings. The molecule has 31 heavy (non-hydrogen) atoms. The summed E-state index contributed by atoms with van der Waals surface area (Å²) in [5, 5.41) is 1.11. The minimum absolute atomic E-state index is 0.241. The zero-order chi connectivity index (χ0) is 21.8. The van der Waals surface area contributed by atoms with Gasteiger partial charge >= 0.3 is 0 Å². The second-order valence-corrected chi connectivity index (χ2v) is 7.82. The predicted octanol–water partition coefficient (Wildman–Crippen LogP) is 6.51. The molecule has 0 amide bonds. The predicted molar refractivity (Wildman–Crippen MR) is 114 cm³/mol. The lowest BCUT2D eigenvalue weighted by Crippen LogP contribution is -2.27. The second kappa shape index (κ2) is 9.55. The number of benzene rings is 3. The quantitative estimate of drug-likeness (QED) is 0.445. The van der Waals surface area contributed by atoms with Gasteiger partial charge in [-0.2, -0.15) is 0 Å². The standard InChI is InChI=1S/C26H23F3O2/c1-2-3-4-18-15-30-26(31-16-18)21-10-9-19(23(27)13-21)7-5-17-6-8-20-12-24(28)25(29)14-22(20)11-17/h6,8-14,18,26H,2-4,15-16H2,1H3. The van der Waals surface area contributed by atoms with Crippen molar-refractivity contribution in [3.63, 3.8) is 0 Å². The van der Waals surface area contributed by atoms with Crippen LogP contribution in [0.3, 0.4) is 0 Å². The molecule has 0 bridgehead atoms. The van der Waals surface area contributed by atoms with Crippen LogP contribution in [0, 0.1) is 35.2 Å². The van der Waals surface area contributed by atoms with Crippen molar-refractivity contribution in [2.24, 2.45) is 5.92 Å². The van der Waals surface area contributed by atoms with E-state index in [1.165, 1.54) is 6.07 Å². The Bertz CT molecular complexity index is 1140. The molecule has 160 valence electrons. The molecular weight excluding hydrogens is 401 g/mol. The Morgan fingerprint density at radius 3 is 2.29 bits per heavy atom. The van der Waals surface area contributed by atoms with Crippen LogP contribution >= 0.6 is 0 Å². The second-order valence-electron chi connectivity index (χ2n) is 7.82. The molecule has 0 N–H and O–H groups in total. The van der Waals surface area contributed by atoms with Gasteiger partial charge in [0.15, 0.2) is 17.9 Å². The van der Waals surface area contributed by atoms with Gasteiger partial charge in [-0.1, -0.05) is 43.7 Å². The normalized spacial score (nSPS) is 18.6. The van der Waals surface area contributed by atoms with E-state index in [2.05, 4.69) is 18.8 Å². The van der Waals surface area contributed by atoms with Crippen LogP contribution in [-0.2, 0) is 9.47 Å². The fraction of sp³-hybridized carbons (Fsp3) is 0.308. The van der Waals surface area contributed by atoms with Crippen molar-refractivity contribution in [2.75, 3.05) is 13.2 Å².